The highest BCUT2D eigenvalue weighted by atomic mass is 16.2. The predicted octanol–water partition coefficient (Wildman–Crippen LogP) is 1.52. The van der Waals surface area contributed by atoms with Crippen LogP contribution in [0.1, 0.15) is 35.9 Å². The molecule has 2 rings (SSSR count). The van der Waals surface area contributed by atoms with Gasteiger partial charge in [0.1, 0.15) is 11.5 Å². The van der Waals surface area contributed by atoms with E-state index in [9.17, 15) is 4.79 Å². The molecular weight excluding hydrogens is 218 g/mol. The Balaban J connectivity index is 2.19. The van der Waals surface area contributed by atoms with Gasteiger partial charge >= 0.3 is 0 Å². The van der Waals surface area contributed by atoms with E-state index in [4.69, 9.17) is 0 Å². The number of amides is 1. The molecule has 0 radical (unpaired) electrons. The zero-order chi connectivity index (χ0) is 12.4. The van der Waals surface area contributed by atoms with Crippen molar-refractivity contribution in [2.24, 2.45) is 7.05 Å². The van der Waals surface area contributed by atoms with Crippen molar-refractivity contribution in [1.29, 1.82) is 0 Å². The number of nitrogens with zero attached hydrogens (tertiary/aromatic N) is 3. The summed E-state index contributed by atoms with van der Waals surface area (Å²) in [7, 11) is 1.76. The molecule has 17 heavy (non-hydrogen) atoms. The first-order valence-electron chi connectivity index (χ1n) is 5.42. The monoisotopic (exact) mass is 233 g/mol. The van der Waals surface area contributed by atoms with Crippen molar-refractivity contribution in [3.05, 3.63) is 29.7 Å². The van der Waals surface area contributed by atoms with Gasteiger partial charge in [0.25, 0.3) is 5.91 Å². The SMILES string of the molecule is CC(C)c1cc(C(=O)Nc2ccn[nH]2)n(C)n1. The van der Waals surface area contributed by atoms with Gasteiger partial charge in [0.2, 0.25) is 0 Å². The number of H-pyrrole nitrogens is 1. The van der Waals surface area contributed by atoms with Crippen molar-refractivity contribution in [3.63, 3.8) is 0 Å². The molecule has 6 nitrogen and oxygen atoms in total. The molecule has 0 aliphatic carbocycles. The van der Waals surface area contributed by atoms with Crippen molar-refractivity contribution in [1.82, 2.24) is 20.0 Å². The third-order valence-corrected chi connectivity index (χ3v) is 2.47. The van der Waals surface area contributed by atoms with Crippen LogP contribution >= 0.6 is 0 Å². The smallest absolute Gasteiger partial charge is 0.275 e. The number of carbonyl (C=O) groups excluding carboxylic acids is 1. The maximum atomic E-state index is 11.9. The topological polar surface area (TPSA) is 75.6 Å². The quantitative estimate of drug-likeness (QED) is 0.843. The highest BCUT2D eigenvalue weighted by Gasteiger charge is 2.15. The van der Waals surface area contributed by atoms with Crippen LogP contribution in [0.25, 0.3) is 0 Å². The van der Waals surface area contributed by atoms with Crippen molar-refractivity contribution < 1.29 is 4.79 Å². The summed E-state index contributed by atoms with van der Waals surface area (Å²) in [6.07, 6.45) is 1.58. The fraction of sp³-hybridized carbons (Fsp3) is 0.364. The minimum absolute atomic E-state index is 0.198. The van der Waals surface area contributed by atoms with Crippen LogP contribution in [0.5, 0.6) is 0 Å². The Morgan fingerprint density at radius 1 is 1.53 bits per heavy atom. The van der Waals surface area contributed by atoms with Crippen LogP contribution in [0.15, 0.2) is 18.3 Å². The Hall–Kier alpha value is -2.11. The van der Waals surface area contributed by atoms with Crippen molar-refractivity contribution in [2.45, 2.75) is 19.8 Å². The summed E-state index contributed by atoms with van der Waals surface area (Å²) in [4.78, 5) is 11.9. The van der Waals surface area contributed by atoms with Crippen molar-refractivity contribution >= 4 is 11.7 Å². The third-order valence-electron chi connectivity index (χ3n) is 2.47. The second kappa shape index (κ2) is 4.40. The summed E-state index contributed by atoms with van der Waals surface area (Å²) >= 11 is 0. The van der Waals surface area contributed by atoms with Gasteiger partial charge in [0.05, 0.1) is 11.9 Å². The molecule has 0 aromatic carbocycles. The zero-order valence-corrected chi connectivity index (χ0v) is 10.1. The summed E-state index contributed by atoms with van der Waals surface area (Å²) < 4.78 is 1.58. The van der Waals surface area contributed by atoms with Crippen LogP contribution in [0.3, 0.4) is 0 Å². The number of anilines is 1. The van der Waals surface area contributed by atoms with Gasteiger partial charge in [0, 0.05) is 13.1 Å². The van der Waals surface area contributed by atoms with Gasteiger partial charge in [-0.15, -0.1) is 0 Å². The highest BCUT2D eigenvalue weighted by molar-refractivity contribution is 6.02. The molecule has 0 aliphatic heterocycles. The lowest BCUT2D eigenvalue weighted by Gasteiger charge is -2.01. The molecule has 0 aliphatic rings. The fourth-order valence-corrected chi connectivity index (χ4v) is 1.50. The number of aromatic amines is 1. The minimum atomic E-state index is -0.198. The number of aryl methyl sites for hydroxylation is 1. The molecular formula is C11H15N5O. The Bertz CT molecular complexity index is 512. The second-order valence-electron chi connectivity index (χ2n) is 4.16. The maximum absolute atomic E-state index is 11.9. The van der Waals surface area contributed by atoms with E-state index in [0.29, 0.717) is 17.4 Å². The van der Waals surface area contributed by atoms with Crippen LogP contribution < -0.4 is 5.32 Å². The van der Waals surface area contributed by atoms with Crippen molar-refractivity contribution in [2.75, 3.05) is 5.32 Å². The molecule has 0 unspecified atom stereocenters. The Morgan fingerprint density at radius 3 is 2.82 bits per heavy atom. The average molecular weight is 233 g/mol. The molecule has 0 bridgehead atoms. The van der Waals surface area contributed by atoms with E-state index in [-0.39, 0.29) is 5.91 Å². The predicted molar refractivity (Wildman–Crippen MR) is 63.8 cm³/mol. The number of hydrogen-bond donors (Lipinski definition) is 2. The zero-order valence-electron chi connectivity index (χ0n) is 10.1. The lowest BCUT2D eigenvalue weighted by molar-refractivity contribution is 0.101. The highest BCUT2D eigenvalue weighted by Crippen LogP contribution is 2.14. The number of hydrogen-bond acceptors (Lipinski definition) is 3. The standard InChI is InChI=1S/C11H15N5O/c1-7(2)8-6-9(16(3)15-8)11(17)13-10-4-5-12-14-10/h4-7H,1-3H3,(H2,12,13,14,17). The van der Waals surface area contributed by atoms with Gasteiger partial charge in [-0.2, -0.15) is 10.2 Å². The molecule has 6 heteroatoms. The maximum Gasteiger partial charge on any atom is 0.275 e. The molecule has 0 saturated heterocycles. The van der Waals surface area contributed by atoms with Gasteiger partial charge in [-0.1, -0.05) is 13.8 Å². The number of aromatic nitrogens is 4. The largest absolute Gasteiger partial charge is 0.306 e. The molecule has 2 aromatic rings. The second-order valence-corrected chi connectivity index (χ2v) is 4.16. The summed E-state index contributed by atoms with van der Waals surface area (Å²) in [6.45, 7) is 4.08. The third kappa shape index (κ3) is 2.35. The molecule has 0 fully saturated rings. The van der Waals surface area contributed by atoms with Gasteiger partial charge in [-0.05, 0) is 12.0 Å². The first-order valence-corrected chi connectivity index (χ1v) is 5.42. The Morgan fingerprint density at radius 2 is 2.29 bits per heavy atom. The van der Waals surface area contributed by atoms with E-state index in [0.717, 1.165) is 5.69 Å². The fourth-order valence-electron chi connectivity index (χ4n) is 1.50. The van der Waals surface area contributed by atoms with E-state index < -0.39 is 0 Å². The molecule has 0 saturated carbocycles. The van der Waals surface area contributed by atoms with Crippen molar-refractivity contribution in [3.8, 4) is 0 Å². The molecule has 90 valence electrons. The number of carbonyl (C=O) groups is 1. The van der Waals surface area contributed by atoms with Crippen LogP contribution in [0, 0.1) is 0 Å². The number of nitrogens with one attached hydrogen (secondary N) is 2. The van der Waals surface area contributed by atoms with E-state index >= 15 is 0 Å². The van der Waals surface area contributed by atoms with E-state index in [1.165, 1.54) is 0 Å². The molecule has 2 aromatic heterocycles. The molecule has 2 N–H and O–H groups in total. The molecule has 0 spiro atoms. The molecule has 0 atom stereocenters. The van der Waals surface area contributed by atoms with Crippen LogP contribution in [-0.4, -0.2) is 25.9 Å². The normalized spacial score (nSPS) is 10.8. The lowest BCUT2D eigenvalue weighted by atomic mass is 10.1. The Kier molecular flexibility index (Phi) is 2.95. The van der Waals surface area contributed by atoms with Gasteiger partial charge in [0.15, 0.2) is 0 Å². The summed E-state index contributed by atoms with van der Waals surface area (Å²) in [5.41, 5.74) is 1.44. The minimum Gasteiger partial charge on any atom is -0.306 e. The van der Waals surface area contributed by atoms with Crippen LogP contribution in [-0.2, 0) is 7.05 Å². The molecule has 2 heterocycles. The first kappa shape index (κ1) is 11.4. The first-order chi connectivity index (χ1) is 8.08. The van der Waals surface area contributed by atoms with Gasteiger partial charge in [-0.3, -0.25) is 14.6 Å². The van der Waals surface area contributed by atoms with E-state index in [2.05, 4.69) is 20.6 Å². The summed E-state index contributed by atoms with van der Waals surface area (Å²) in [5, 5.41) is 13.4. The van der Waals surface area contributed by atoms with Crippen LogP contribution in [0.4, 0.5) is 5.82 Å². The van der Waals surface area contributed by atoms with Gasteiger partial charge < -0.3 is 5.32 Å². The van der Waals surface area contributed by atoms with E-state index in [1.54, 1.807) is 30.1 Å². The Labute approximate surface area is 99.0 Å². The lowest BCUT2D eigenvalue weighted by Crippen LogP contribution is -2.16. The summed E-state index contributed by atoms with van der Waals surface area (Å²) in [6, 6.07) is 3.49. The van der Waals surface area contributed by atoms with Crippen LogP contribution in [0.2, 0.25) is 0 Å². The van der Waals surface area contributed by atoms with Gasteiger partial charge in [-0.25, -0.2) is 0 Å². The molecule has 1 amide bonds. The number of rotatable bonds is 3. The average Bonchev–Trinajstić information content (AvgIpc) is 2.86. The summed E-state index contributed by atoms with van der Waals surface area (Å²) in [5.74, 6) is 0.674. The van der Waals surface area contributed by atoms with E-state index in [1.807, 2.05) is 13.8 Å².